The highest BCUT2D eigenvalue weighted by atomic mass is 79.9. The van der Waals surface area contributed by atoms with Gasteiger partial charge in [0.05, 0.1) is 16.6 Å². The van der Waals surface area contributed by atoms with Crippen molar-refractivity contribution < 1.29 is 22.7 Å². The van der Waals surface area contributed by atoms with E-state index in [0.29, 0.717) is 23.7 Å². The zero-order valence-electron chi connectivity index (χ0n) is 21.5. The maximum Gasteiger partial charge on any atom is 0.264 e. The molecule has 10 heteroatoms. The number of hydrogen-bond donors (Lipinski definition) is 1. The second kappa shape index (κ2) is 11.6. The van der Waals surface area contributed by atoms with Crippen molar-refractivity contribution in [1.29, 1.82) is 0 Å². The molecule has 3 aromatic rings. The van der Waals surface area contributed by atoms with E-state index < -0.39 is 10.0 Å². The quantitative estimate of drug-likeness (QED) is 0.380. The van der Waals surface area contributed by atoms with Gasteiger partial charge in [-0.25, -0.2) is 8.42 Å². The van der Waals surface area contributed by atoms with Gasteiger partial charge >= 0.3 is 0 Å². The van der Waals surface area contributed by atoms with Crippen LogP contribution in [0.5, 0.6) is 5.75 Å². The highest BCUT2D eigenvalue weighted by Gasteiger charge is 2.30. The van der Waals surface area contributed by atoms with Gasteiger partial charge in [0.2, 0.25) is 5.91 Å². The summed E-state index contributed by atoms with van der Waals surface area (Å²) in [6.45, 7) is 4.01. The monoisotopic (exact) mass is 599 g/mol. The summed E-state index contributed by atoms with van der Waals surface area (Å²) in [4.78, 5) is 26.2. The van der Waals surface area contributed by atoms with E-state index in [1.54, 1.807) is 36.4 Å². The van der Waals surface area contributed by atoms with Gasteiger partial charge in [-0.05, 0) is 91.6 Å². The number of nitrogens with one attached hydrogen (secondary N) is 1. The molecular formula is C28H30BrN3O5S. The molecule has 1 saturated heterocycles. The number of likely N-dealkylation sites (tertiary alicyclic amines) is 1. The van der Waals surface area contributed by atoms with Crippen molar-refractivity contribution in [2.45, 2.75) is 37.6 Å². The zero-order chi connectivity index (χ0) is 27.4. The van der Waals surface area contributed by atoms with Crippen molar-refractivity contribution in [3.8, 4) is 5.75 Å². The van der Waals surface area contributed by atoms with Crippen LogP contribution in [0.25, 0.3) is 0 Å². The van der Waals surface area contributed by atoms with E-state index >= 15 is 0 Å². The lowest BCUT2D eigenvalue weighted by Crippen LogP contribution is -2.34. The molecule has 1 aliphatic rings. The van der Waals surface area contributed by atoms with Gasteiger partial charge < -0.3 is 15.0 Å². The number of sulfonamides is 1. The molecule has 2 amide bonds. The summed E-state index contributed by atoms with van der Waals surface area (Å²) in [6, 6.07) is 18.8. The summed E-state index contributed by atoms with van der Waals surface area (Å²) in [5.41, 5.74) is 3.21. The van der Waals surface area contributed by atoms with Crippen molar-refractivity contribution >= 4 is 49.1 Å². The smallest absolute Gasteiger partial charge is 0.264 e. The molecule has 0 radical (unpaired) electrons. The zero-order valence-corrected chi connectivity index (χ0v) is 23.9. The van der Waals surface area contributed by atoms with Crippen LogP contribution in [-0.4, -0.2) is 45.3 Å². The summed E-state index contributed by atoms with van der Waals surface area (Å²) in [5, 5.41) is 2.61. The largest absolute Gasteiger partial charge is 0.484 e. The molecule has 8 nitrogen and oxygen atoms in total. The van der Waals surface area contributed by atoms with Gasteiger partial charge in [-0.2, -0.15) is 0 Å². The highest BCUT2D eigenvalue weighted by Crippen LogP contribution is 2.34. The first kappa shape index (κ1) is 27.7. The Hall–Kier alpha value is -3.37. The first-order valence-electron chi connectivity index (χ1n) is 12.2. The van der Waals surface area contributed by atoms with Crippen LogP contribution < -0.4 is 14.4 Å². The fraction of sp³-hybridized carbons (Fsp3) is 0.286. The summed E-state index contributed by atoms with van der Waals surface area (Å²) < 4.78 is 34.0. The van der Waals surface area contributed by atoms with Crippen molar-refractivity contribution in [3.05, 3.63) is 82.3 Å². The number of benzene rings is 3. The standard InChI is InChI=1S/C28H30BrN3O5S/c1-19-15-21(17-22(29)16-19)27-5-4-14-32(27)28(34)18-37-25-10-8-24(9-11-25)31(3)38(35,36)26-12-6-23(7-13-26)30-20(2)33/h6-13,15-17,27H,4-5,14,18H2,1-3H3,(H,30,33). The number of carbonyl (C=O) groups excluding carboxylic acids is 2. The summed E-state index contributed by atoms with van der Waals surface area (Å²) >= 11 is 3.55. The van der Waals surface area contributed by atoms with Crippen molar-refractivity contribution in [2.75, 3.05) is 29.8 Å². The number of hydrogen-bond acceptors (Lipinski definition) is 5. The Morgan fingerprint density at radius 1 is 1.08 bits per heavy atom. The average Bonchev–Trinajstić information content (AvgIpc) is 3.37. The fourth-order valence-corrected chi connectivity index (χ4v) is 6.38. The normalized spacial score (nSPS) is 15.3. The number of aryl methyl sites for hydroxylation is 1. The first-order valence-corrected chi connectivity index (χ1v) is 14.4. The molecule has 0 saturated carbocycles. The second-order valence-electron chi connectivity index (χ2n) is 9.27. The van der Waals surface area contributed by atoms with Crippen LogP contribution in [0.3, 0.4) is 0 Å². The Kier molecular flexibility index (Phi) is 8.42. The molecule has 1 aliphatic heterocycles. The van der Waals surface area contributed by atoms with Crippen molar-refractivity contribution in [3.63, 3.8) is 0 Å². The molecule has 1 heterocycles. The van der Waals surface area contributed by atoms with E-state index in [0.717, 1.165) is 28.4 Å². The number of anilines is 2. The van der Waals surface area contributed by atoms with E-state index in [-0.39, 0.29) is 29.4 Å². The molecule has 38 heavy (non-hydrogen) atoms. The number of nitrogens with zero attached hydrogens (tertiary/aromatic N) is 2. The van der Waals surface area contributed by atoms with E-state index in [1.165, 1.54) is 30.4 Å². The van der Waals surface area contributed by atoms with Crippen LogP contribution in [0.15, 0.2) is 76.1 Å². The fourth-order valence-electron chi connectivity index (χ4n) is 4.56. The molecule has 200 valence electrons. The highest BCUT2D eigenvalue weighted by molar-refractivity contribution is 9.10. The molecule has 1 atom stereocenters. The Morgan fingerprint density at radius 3 is 2.39 bits per heavy atom. The van der Waals surface area contributed by atoms with Crippen LogP contribution in [0.1, 0.15) is 36.9 Å². The SMILES string of the molecule is CC(=O)Nc1ccc(S(=O)(=O)N(C)c2ccc(OCC(=O)N3CCCC3c3cc(C)cc(Br)c3)cc2)cc1. The predicted octanol–water partition coefficient (Wildman–Crippen LogP) is 5.28. The van der Waals surface area contributed by atoms with Gasteiger partial charge in [0.1, 0.15) is 5.75 Å². The molecule has 0 spiro atoms. The van der Waals surface area contributed by atoms with Gasteiger partial charge in [0.25, 0.3) is 15.9 Å². The third-order valence-electron chi connectivity index (χ3n) is 6.42. The molecule has 0 aliphatic carbocycles. The van der Waals surface area contributed by atoms with E-state index in [9.17, 15) is 18.0 Å². The van der Waals surface area contributed by atoms with Gasteiger partial charge in [-0.1, -0.05) is 22.0 Å². The molecule has 1 N–H and O–H groups in total. The lowest BCUT2D eigenvalue weighted by Gasteiger charge is -2.25. The summed E-state index contributed by atoms with van der Waals surface area (Å²) in [5.74, 6) is 0.153. The van der Waals surface area contributed by atoms with Gasteiger partial charge in [0, 0.05) is 30.7 Å². The van der Waals surface area contributed by atoms with Crippen LogP contribution in [0.2, 0.25) is 0 Å². The molecule has 1 unspecified atom stereocenters. The van der Waals surface area contributed by atoms with Gasteiger partial charge in [0.15, 0.2) is 6.61 Å². The van der Waals surface area contributed by atoms with Crippen molar-refractivity contribution in [1.82, 2.24) is 4.90 Å². The number of halogens is 1. The summed E-state index contributed by atoms with van der Waals surface area (Å²) in [6.07, 6.45) is 1.85. The first-order chi connectivity index (χ1) is 18.0. The number of amides is 2. The second-order valence-corrected chi connectivity index (χ2v) is 12.2. The van der Waals surface area contributed by atoms with Crippen LogP contribution in [0, 0.1) is 6.92 Å². The number of rotatable bonds is 8. The van der Waals surface area contributed by atoms with Crippen molar-refractivity contribution in [2.24, 2.45) is 0 Å². The minimum Gasteiger partial charge on any atom is -0.484 e. The molecule has 0 aromatic heterocycles. The maximum atomic E-state index is 13.1. The lowest BCUT2D eigenvalue weighted by atomic mass is 10.0. The van der Waals surface area contributed by atoms with E-state index in [2.05, 4.69) is 33.4 Å². The van der Waals surface area contributed by atoms with E-state index in [1.807, 2.05) is 17.9 Å². The van der Waals surface area contributed by atoms with E-state index in [4.69, 9.17) is 4.74 Å². The minimum absolute atomic E-state index is 0.0239. The minimum atomic E-state index is -3.81. The maximum absolute atomic E-state index is 13.1. The molecule has 3 aromatic carbocycles. The molecule has 4 rings (SSSR count). The lowest BCUT2D eigenvalue weighted by molar-refractivity contribution is -0.134. The Morgan fingerprint density at radius 2 is 1.76 bits per heavy atom. The Bertz CT molecular complexity index is 1410. The third-order valence-corrected chi connectivity index (χ3v) is 8.68. The van der Waals surface area contributed by atoms with Crippen LogP contribution >= 0.6 is 15.9 Å². The summed E-state index contributed by atoms with van der Waals surface area (Å²) in [7, 11) is -2.34. The Balaban J connectivity index is 1.38. The average molecular weight is 601 g/mol. The third kappa shape index (κ3) is 6.36. The van der Waals surface area contributed by atoms with Crippen LogP contribution in [-0.2, 0) is 19.6 Å². The molecular weight excluding hydrogens is 570 g/mol. The topological polar surface area (TPSA) is 96.0 Å². The van der Waals surface area contributed by atoms with Crippen LogP contribution in [0.4, 0.5) is 11.4 Å². The van der Waals surface area contributed by atoms with Gasteiger partial charge in [-0.3, -0.25) is 13.9 Å². The predicted molar refractivity (Wildman–Crippen MR) is 151 cm³/mol. The molecule has 0 bridgehead atoms. The molecule has 1 fully saturated rings. The Labute approximate surface area is 231 Å². The van der Waals surface area contributed by atoms with Gasteiger partial charge in [-0.15, -0.1) is 0 Å². The number of ether oxygens (including phenoxy) is 1. The number of carbonyl (C=O) groups is 2.